The molecule has 0 saturated carbocycles. The van der Waals surface area contributed by atoms with Gasteiger partial charge in [0.05, 0.1) is 22.3 Å². The highest BCUT2D eigenvalue weighted by molar-refractivity contribution is 5.91. The minimum Gasteiger partial charge on any atom is -0.316 e. The fourth-order valence-electron chi connectivity index (χ4n) is 3.02. The standard InChI is InChI=1S/C19H10F6N2/c20-18(21,22)12-5-6-13-14(9-12)26-17(19(23,24)25)10-16(13)27-8-7-11-3-1-2-4-15(11)27/h1-10H. The van der Waals surface area contributed by atoms with Crippen LogP contribution in [0.25, 0.3) is 27.5 Å². The molecule has 27 heavy (non-hydrogen) atoms. The lowest BCUT2D eigenvalue weighted by Gasteiger charge is -2.15. The molecule has 0 N–H and O–H groups in total. The van der Waals surface area contributed by atoms with Gasteiger partial charge in [0.2, 0.25) is 0 Å². The van der Waals surface area contributed by atoms with Crippen LogP contribution in [-0.2, 0) is 12.4 Å². The van der Waals surface area contributed by atoms with Crippen LogP contribution in [0.1, 0.15) is 11.3 Å². The van der Waals surface area contributed by atoms with E-state index in [1.807, 2.05) is 0 Å². The monoisotopic (exact) mass is 380 g/mol. The van der Waals surface area contributed by atoms with Gasteiger partial charge in [-0.3, -0.25) is 0 Å². The molecule has 0 unspecified atom stereocenters. The maximum absolute atomic E-state index is 13.3. The Morgan fingerprint density at radius 1 is 0.778 bits per heavy atom. The van der Waals surface area contributed by atoms with Crippen molar-refractivity contribution in [2.75, 3.05) is 0 Å². The predicted molar refractivity (Wildman–Crippen MR) is 88.6 cm³/mol. The van der Waals surface area contributed by atoms with Crippen molar-refractivity contribution < 1.29 is 26.3 Å². The third-order valence-corrected chi connectivity index (χ3v) is 4.26. The summed E-state index contributed by atoms with van der Waals surface area (Å²) < 4.78 is 80.3. The Labute approximate surface area is 148 Å². The largest absolute Gasteiger partial charge is 0.433 e. The fourth-order valence-corrected chi connectivity index (χ4v) is 3.02. The third kappa shape index (κ3) is 3.01. The first-order chi connectivity index (χ1) is 12.6. The van der Waals surface area contributed by atoms with Crippen molar-refractivity contribution in [2.24, 2.45) is 0 Å². The lowest BCUT2D eigenvalue weighted by atomic mass is 10.1. The van der Waals surface area contributed by atoms with E-state index in [1.54, 1.807) is 36.5 Å². The van der Waals surface area contributed by atoms with Crippen LogP contribution < -0.4 is 0 Å². The van der Waals surface area contributed by atoms with Gasteiger partial charge in [0, 0.05) is 11.6 Å². The van der Waals surface area contributed by atoms with Gasteiger partial charge in [-0.05, 0) is 35.7 Å². The highest BCUT2D eigenvalue weighted by Gasteiger charge is 2.35. The summed E-state index contributed by atoms with van der Waals surface area (Å²) in [6, 6.07) is 12.2. The first-order valence-corrected chi connectivity index (χ1v) is 7.80. The summed E-state index contributed by atoms with van der Waals surface area (Å²) in [7, 11) is 0. The Morgan fingerprint density at radius 2 is 1.52 bits per heavy atom. The molecule has 0 spiro atoms. The zero-order valence-corrected chi connectivity index (χ0v) is 13.4. The van der Waals surface area contributed by atoms with Crippen LogP contribution in [0.2, 0.25) is 0 Å². The summed E-state index contributed by atoms with van der Waals surface area (Å²) in [4.78, 5) is 3.43. The molecule has 0 bridgehead atoms. The molecule has 0 radical (unpaired) electrons. The number of nitrogens with zero attached hydrogens (tertiary/aromatic N) is 2. The summed E-state index contributed by atoms with van der Waals surface area (Å²) in [5.74, 6) is 0. The predicted octanol–water partition coefficient (Wildman–Crippen LogP) is 6.22. The van der Waals surface area contributed by atoms with Crippen LogP contribution in [0, 0.1) is 0 Å². The normalized spacial score (nSPS) is 12.8. The zero-order valence-electron chi connectivity index (χ0n) is 13.4. The maximum Gasteiger partial charge on any atom is 0.433 e. The summed E-state index contributed by atoms with van der Waals surface area (Å²) in [5.41, 5.74) is -1.92. The molecule has 8 heteroatoms. The van der Waals surface area contributed by atoms with Gasteiger partial charge < -0.3 is 4.57 Å². The summed E-state index contributed by atoms with van der Waals surface area (Å²) in [5, 5.41) is 0.986. The molecule has 138 valence electrons. The van der Waals surface area contributed by atoms with Gasteiger partial charge in [0.1, 0.15) is 5.69 Å². The van der Waals surface area contributed by atoms with Gasteiger partial charge in [-0.15, -0.1) is 0 Å². The zero-order chi connectivity index (χ0) is 19.4. The van der Waals surface area contributed by atoms with Crippen molar-refractivity contribution in [3.63, 3.8) is 0 Å². The van der Waals surface area contributed by atoms with Crippen LogP contribution >= 0.6 is 0 Å². The van der Waals surface area contributed by atoms with Gasteiger partial charge in [-0.1, -0.05) is 24.3 Å². The molecule has 0 aliphatic heterocycles. The Bertz CT molecular complexity index is 1150. The SMILES string of the molecule is FC(F)(F)c1ccc2c(-n3ccc4ccccc43)cc(C(F)(F)F)nc2c1. The Hall–Kier alpha value is -3.03. The van der Waals surface area contributed by atoms with Crippen molar-refractivity contribution in [2.45, 2.75) is 12.4 Å². The van der Waals surface area contributed by atoms with Crippen molar-refractivity contribution in [1.82, 2.24) is 9.55 Å². The van der Waals surface area contributed by atoms with Gasteiger partial charge >= 0.3 is 12.4 Å². The van der Waals surface area contributed by atoms with Gasteiger partial charge in [-0.2, -0.15) is 26.3 Å². The summed E-state index contributed by atoms with van der Waals surface area (Å²) >= 11 is 0. The average molecular weight is 380 g/mol. The van der Waals surface area contributed by atoms with Crippen LogP contribution in [0.15, 0.2) is 60.8 Å². The van der Waals surface area contributed by atoms with Gasteiger partial charge in [-0.25, -0.2) is 4.98 Å². The number of aromatic nitrogens is 2. The quantitative estimate of drug-likeness (QED) is 0.359. The molecule has 4 rings (SSSR count). The molecule has 0 atom stereocenters. The average Bonchev–Trinajstić information content (AvgIpc) is 3.02. The highest BCUT2D eigenvalue weighted by atomic mass is 19.4. The number of hydrogen-bond donors (Lipinski definition) is 0. The topological polar surface area (TPSA) is 17.8 Å². The second kappa shape index (κ2) is 5.73. The number of alkyl halides is 6. The van der Waals surface area contributed by atoms with E-state index in [0.717, 1.165) is 23.6 Å². The Balaban J connectivity index is 2.07. The number of fused-ring (bicyclic) bond motifs is 2. The minimum absolute atomic E-state index is 0.113. The van der Waals surface area contributed by atoms with E-state index in [-0.39, 0.29) is 16.6 Å². The lowest BCUT2D eigenvalue weighted by molar-refractivity contribution is -0.141. The smallest absolute Gasteiger partial charge is 0.316 e. The minimum atomic E-state index is -4.79. The van der Waals surface area contributed by atoms with E-state index >= 15 is 0 Å². The molecule has 2 nitrogen and oxygen atoms in total. The number of benzene rings is 2. The molecule has 4 aromatic rings. The van der Waals surface area contributed by atoms with Gasteiger partial charge in [0.15, 0.2) is 0 Å². The molecule has 0 saturated heterocycles. The van der Waals surface area contributed by atoms with Crippen molar-refractivity contribution in [3.8, 4) is 5.69 Å². The van der Waals surface area contributed by atoms with E-state index in [1.165, 1.54) is 4.57 Å². The highest BCUT2D eigenvalue weighted by Crippen LogP contribution is 2.36. The number of rotatable bonds is 1. The lowest BCUT2D eigenvalue weighted by Crippen LogP contribution is -2.11. The van der Waals surface area contributed by atoms with Crippen molar-refractivity contribution >= 4 is 21.8 Å². The van der Waals surface area contributed by atoms with Crippen molar-refractivity contribution in [1.29, 1.82) is 0 Å². The Kier molecular flexibility index (Phi) is 3.69. The first-order valence-electron chi connectivity index (χ1n) is 7.80. The van der Waals surface area contributed by atoms with Crippen LogP contribution in [0.3, 0.4) is 0 Å². The molecule has 2 aromatic carbocycles. The van der Waals surface area contributed by atoms with E-state index in [4.69, 9.17) is 0 Å². The molecular weight excluding hydrogens is 370 g/mol. The van der Waals surface area contributed by atoms with E-state index in [2.05, 4.69) is 4.98 Å². The molecule has 2 aromatic heterocycles. The molecule has 0 aliphatic carbocycles. The van der Waals surface area contributed by atoms with Crippen LogP contribution in [0.4, 0.5) is 26.3 Å². The summed E-state index contributed by atoms with van der Waals surface area (Å²) in [6.07, 6.45) is -7.89. The second-order valence-electron chi connectivity index (χ2n) is 6.00. The number of halogens is 6. The maximum atomic E-state index is 13.3. The molecule has 0 fully saturated rings. The number of hydrogen-bond acceptors (Lipinski definition) is 1. The van der Waals surface area contributed by atoms with Crippen LogP contribution in [-0.4, -0.2) is 9.55 Å². The summed E-state index contributed by atoms with van der Waals surface area (Å²) in [6.45, 7) is 0. The van der Waals surface area contributed by atoms with E-state index in [9.17, 15) is 26.3 Å². The second-order valence-corrected chi connectivity index (χ2v) is 6.00. The molecular formula is C19H10F6N2. The van der Waals surface area contributed by atoms with Crippen molar-refractivity contribution in [3.05, 3.63) is 72.1 Å². The molecule has 0 amide bonds. The molecule has 2 heterocycles. The third-order valence-electron chi connectivity index (χ3n) is 4.26. The number of pyridine rings is 1. The fraction of sp³-hybridized carbons (Fsp3) is 0.105. The van der Waals surface area contributed by atoms with E-state index in [0.29, 0.717) is 11.6 Å². The van der Waals surface area contributed by atoms with E-state index < -0.39 is 23.6 Å². The molecule has 0 aliphatic rings. The Morgan fingerprint density at radius 3 is 2.22 bits per heavy atom. The number of para-hydroxylation sites is 1. The first kappa shape index (κ1) is 17.4. The van der Waals surface area contributed by atoms with Gasteiger partial charge in [0.25, 0.3) is 0 Å². The van der Waals surface area contributed by atoms with Crippen LogP contribution in [0.5, 0.6) is 0 Å².